The van der Waals surface area contributed by atoms with Crippen molar-refractivity contribution in [3.8, 4) is 0 Å². The number of rotatable bonds is 3. The van der Waals surface area contributed by atoms with E-state index in [9.17, 15) is 0 Å². The first kappa shape index (κ1) is 12.6. The van der Waals surface area contributed by atoms with Gasteiger partial charge in [-0.2, -0.15) is 0 Å². The van der Waals surface area contributed by atoms with Crippen LogP contribution in [-0.2, 0) is 4.74 Å². The normalized spacial score (nSPS) is 24.7. The van der Waals surface area contributed by atoms with Crippen molar-refractivity contribution in [1.29, 1.82) is 0 Å². The Hall–Kier alpha value is -1.45. The number of ether oxygens (including phenoxy) is 1. The van der Waals surface area contributed by atoms with E-state index in [0.717, 1.165) is 13.0 Å². The van der Waals surface area contributed by atoms with Crippen molar-refractivity contribution in [3.63, 3.8) is 0 Å². The van der Waals surface area contributed by atoms with Crippen molar-refractivity contribution in [3.05, 3.63) is 42.2 Å². The molecule has 2 aromatic rings. The Morgan fingerprint density at radius 2 is 2.26 bits per heavy atom. The first-order valence-electron chi connectivity index (χ1n) is 6.91. The molecule has 1 N–H and O–H groups in total. The smallest absolute Gasteiger partial charge is 0.0551 e. The molecule has 0 spiro atoms. The van der Waals surface area contributed by atoms with E-state index in [0.29, 0.717) is 18.1 Å². The maximum Gasteiger partial charge on any atom is 0.0551 e. The van der Waals surface area contributed by atoms with Crippen LogP contribution in [0.5, 0.6) is 0 Å². The maximum absolute atomic E-state index is 5.73. The van der Waals surface area contributed by atoms with Crippen LogP contribution in [0, 0.1) is 5.92 Å². The molecule has 19 heavy (non-hydrogen) atoms. The average molecular weight is 256 g/mol. The average Bonchev–Trinajstić information content (AvgIpc) is 2.86. The maximum atomic E-state index is 5.73. The lowest BCUT2D eigenvalue weighted by Crippen LogP contribution is -2.25. The summed E-state index contributed by atoms with van der Waals surface area (Å²) in [7, 11) is 2.04. The molecule has 3 heteroatoms. The number of pyridine rings is 1. The van der Waals surface area contributed by atoms with Gasteiger partial charge in [0.25, 0.3) is 0 Å². The van der Waals surface area contributed by atoms with Crippen molar-refractivity contribution in [1.82, 2.24) is 10.3 Å². The van der Waals surface area contributed by atoms with Gasteiger partial charge in [0.15, 0.2) is 0 Å². The molecule has 1 aliphatic rings. The number of nitrogens with zero attached hydrogens (tertiary/aromatic N) is 1. The molecule has 1 aromatic carbocycles. The fourth-order valence-corrected chi connectivity index (χ4v) is 3.15. The second kappa shape index (κ2) is 5.27. The van der Waals surface area contributed by atoms with E-state index in [4.69, 9.17) is 4.74 Å². The van der Waals surface area contributed by atoms with Gasteiger partial charge in [-0.3, -0.25) is 4.98 Å². The SMILES string of the molecule is CNC(c1cccc2cnccc12)C1COC(C)C1. The highest BCUT2D eigenvalue weighted by atomic mass is 16.5. The number of aromatic nitrogens is 1. The van der Waals surface area contributed by atoms with Crippen LogP contribution in [0.2, 0.25) is 0 Å². The monoisotopic (exact) mass is 256 g/mol. The standard InChI is InChI=1S/C16H20N2O/c1-11-8-13(10-19-11)16(17-2)15-5-3-4-12-9-18-7-6-14(12)15/h3-7,9,11,13,16-17H,8,10H2,1-2H3. The molecule has 0 amide bonds. The molecule has 0 aliphatic carbocycles. The summed E-state index contributed by atoms with van der Waals surface area (Å²) in [4.78, 5) is 4.20. The quantitative estimate of drug-likeness (QED) is 0.917. The topological polar surface area (TPSA) is 34.2 Å². The zero-order valence-corrected chi connectivity index (χ0v) is 11.5. The molecule has 1 saturated heterocycles. The van der Waals surface area contributed by atoms with Crippen molar-refractivity contribution in [2.45, 2.75) is 25.5 Å². The molecule has 1 aliphatic heterocycles. The van der Waals surface area contributed by atoms with Crippen LogP contribution in [-0.4, -0.2) is 24.7 Å². The van der Waals surface area contributed by atoms with Crippen LogP contribution in [0.4, 0.5) is 0 Å². The molecule has 2 heterocycles. The zero-order valence-electron chi connectivity index (χ0n) is 11.5. The van der Waals surface area contributed by atoms with Crippen molar-refractivity contribution in [2.75, 3.05) is 13.7 Å². The van der Waals surface area contributed by atoms with Gasteiger partial charge in [0.1, 0.15) is 0 Å². The van der Waals surface area contributed by atoms with Crippen molar-refractivity contribution >= 4 is 10.8 Å². The third-order valence-corrected chi connectivity index (χ3v) is 4.06. The number of benzene rings is 1. The van der Waals surface area contributed by atoms with Gasteiger partial charge in [-0.05, 0) is 37.4 Å². The highest BCUT2D eigenvalue weighted by Gasteiger charge is 2.30. The molecule has 0 saturated carbocycles. The van der Waals surface area contributed by atoms with Crippen LogP contribution >= 0.6 is 0 Å². The minimum absolute atomic E-state index is 0.344. The summed E-state index contributed by atoms with van der Waals surface area (Å²) in [5.74, 6) is 0.541. The minimum atomic E-state index is 0.344. The predicted molar refractivity (Wildman–Crippen MR) is 77.1 cm³/mol. The van der Waals surface area contributed by atoms with Gasteiger partial charge < -0.3 is 10.1 Å². The second-order valence-corrected chi connectivity index (χ2v) is 5.35. The van der Waals surface area contributed by atoms with Gasteiger partial charge in [0.05, 0.1) is 12.7 Å². The molecule has 3 unspecified atom stereocenters. The lowest BCUT2D eigenvalue weighted by Gasteiger charge is -2.24. The number of hydrogen-bond donors (Lipinski definition) is 1. The Morgan fingerprint density at radius 1 is 1.37 bits per heavy atom. The van der Waals surface area contributed by atoms with E-state index in [1.165, 1.54) is 16.3 Å². The second-order valence-electron chi connectivity index (χ2n) is 5.35. The number of nitrogens with one attached hydrogen (secondary N) is 1. The largest absolute Gasteiger partial charge is 0.378 e. The zero-order chi connectivity index (χ0) is 13.2. The molecule has 1 fully saturated rings. The van der Waals surface area contributed by atoms with Crippen LogP contribution in [0.3, 0.4) is 0 Å². The molecular formula is C16H20N2O. The highest BCUT2D eigenvalue weighted by molar-refractivity contribution is 5.85. The van der Waals surface area contributed by atoms with Crippen molar-refractivity contribution in [2.24, 2.45) is 5.92 Å². The summed E-state index contributed by atoms with van der Waals surface area (Å²) in [6.07, 6.45) is 5.29. The predicted octanol–water partition coefficient (Wildman–Crippen LogP) is 2.92. The lowest BCUT2D eigenvalue weighted by atomic mass is 9.88. The van der Waals surface area contributed by atoms with Gasteiger partial charge in [-0.1, -0.05) is 18.2 Å². The fourth-order valence-electron chi connectivity index (χ4n) is 3.15. The van der Waals surface area contributed by atoms with Gasteiger partial charge in [-0.15, -0.1) is 0 Å². The summed E-state index contributed by atoms with van der Waals surface area (Å²) < 4.78 is 5.73. The van der Waals surface area contributed by atoms with E-state index < -0.39 is 0 Å². The molecular weight excluding hydrogens is 236 g/mol. The Balaban J connectivity index is 2.01. The summed E-state index contributed by atoms with van der Waals surface area (Å²) in [6, 6.07) is 8.90. The number of fused-ring (bicyclic) bond motifs is 1. The van der Waals surface area contributed by atoms with E-state index in [1.54, 1.807) is 0 Å². The Morgan fingerprint density at radius 3 is 3.00 bits per heavy atom. The van der Waals surface area contributed by atoms with E-state index in [-0.39, 0.29) is 0 Å². The fraction of sp³-hybridized carbons (Fsp3) is 0.438. The van der Waals surface area contributed by atoms with Crippen LogP contribution in [0.1, 0.15) is 24.9 Å². The molecule has 3 nitrogen and oxygen atoms in total. The molecule has 1 aromatic heterocycles. The first-order chi connectivity index (χ1) is 9.29. The third kappa shape index (κ3) is 2.36. The van der Waals surface area contributed by atoms with E-state index in [1.807, 2.05) is 19.4 Å². The molecule has 0 radical (unpaired) electrons. The third-order valence-electron chi connectivity index (χ3n) is 4.06. The highest BCUT2D eigenvalue weighted by Crippen LogP contribution is 2.34. The van der Waals surface area contributed by atoms with Gasteiger partial charge >= 0.3 is 0 Å². The Bertz CT molecular complexity index is 564. The van der Waals surface area contributed by atoms with Crippen LogP contribution < -0.4 is 5.32 Å². The number of hydrogen-bond acceptors (Lipinski definition) is 3. The van der Waals surface area contributed by atoms with Crippen molar-refractivity contribution < 1.29 is 4.74 Å². The summed E-state index contributed by atoms with van der Waals surface area (Å²) in [6.45, 7) is 2.99. The molecule has 3 atom stereocenters. The molecule has 3 rings (SSSR count). The van der Waals surface area contributed by atoms with Crippen LogP contribution in [0.25, 0.3) is 10.8 Å². The van der Waals surface area contributed by atoms with Crippen LogP contribution in [0.15, 0.2) is 36.7 Å². The minimum Gasteiger partial charge on any atom is -0.378 e. The van der Waals surface area contributed by atoms with Gasteiger partial charge in [0.2, 0.25) is 0 Å². The summed E-state index contributed by atoms with van der Waals surface area (Å²) in [5, 5.41) is 5.96. The Kier molecular flexibility index (Phi) is 3.49. The molecule has 100 valence electrons. The Labute approximate surface area is 114 Å². The lowest BCUT2D eigenvalue weighted by molar-refractivity contribution is 0.117. The van der Waals surface area contributed by atoms with E-state index in [2.05, 4.69) is 41.5 Å². The molecule has 0 bridgehead atoms. The first-order valence-corrected chi connectivity index (χ1v) is 6.91. The van der Waals surface area contributed by atoms with E-state index >= 15 is 0 Å². The van der Waals surface area contributed by atoms with Gasteiger partial charge in [0, 0.05) is 29.7 Å². The summed E-state index contributed by atoms with van der Waals surface area (Å²) in [5.41, 5.74) is 1.35. The van der Waals surface area contributed by atoms with Gasteiger partial charge in [-0.25, -0.2) is 0 Å². The summed E-state index contributed by atoms with van der Waals surface area (Å²) >= 11 is 0.